The quantitative estimate of drug-likeness (QED) is 0.407. The second-order valence-corrected chi connectivity index (χ2v) is 7.81. The molecule has 1 aromatic carbocycles. The third-order valence-electron chi connectivity index (χ3n) is 4.60. The first kappa shape index (κ1) is 19.3. The van der Waals surface area contributed by atoms with Gasteiger partial charge < -0.3 is 9.09 Å². The van der Waals surface area contributed by atoms with Crippen molar-refractivity contribution < 1.29 is 4.52 Å². The van der Waals surface area contributed by atoms with Crippen LogP contribution in [0.15, 0.2) is 58.5 Å². The zero-order valence-corrected chi connectivity index (χ0v) is 17.4. The molecule has 0 radical (unpaired) electrons. The predicted octanol–water partition coefficient (Wildman–Crippen LogP) is 4.83. The molecule has 0 saturated heterocycles. The summed E-state index contributed by atoms with van der Waals surface area (Å²) in [6, 6.07) is 12.1. The summed E-state index contributed by atoms with van der Waals surface area (Å²) in [5.74, 6) is 3.02. The standard InChI is InChI=1S/C21H22N6OS/c1-4-27-20(17-9-11-22-12-10-17)24-25-21(27)29-13-18-23-19(26-28-18)16-7-5-15(6-8-16)14(2)3/h5-12,14H,4,13H2,1-3H3. The SMILES string of the molecule is CCn1c(SCc2nc(-c3ccc(C(C)C)cc3)no2)nnc1-c1ccncc1. The average molecular weight is 407 g/mol. The van der Waals surface area contributed by atoms with Crippen molar-refractivity contribution in [1.29, 1.82) is 0 Å². The summed E-state index contributed by atoms with van der Waals surface area (Å²) in [5, 5.41) is 13.6. The van der Waals surface area contributed by atoms with Crippen molar-refractivity contribution in [3.63, 3.8) is 0 Å². The fraction of sp³-hybridized carbons (Fsp3) is 0.286. The van der Waals surface area contributed by atoms with Gasteiger partial charge >= 0.3 is 0 Å². The van der Waals surface area contributed by atoms with Crippen LogP contribution in [0.3, 0.4) is 0 Å². The average Bonchev–Trinajstić information content (AvgIpc) is 3.39. The fourth-order valence-electron chi connectivity index (χ4n) is 2.97. The van der Waals surface area contributed by atoms with Gasteiger partial charge in [-0.15, -0.1) is 10.2 Å². The Balaban J connectivity index is 1.47. The maximum atomic E-state index is 5.44. The molecule has 0 aliphatic heterocycles. The third kappa shape index (κ3) is 4.22. The van der Waals surface area contributed by atoms with Gasteiger partial charge in [0.05, 0.1) is 5.75 Å². The molecule has 4 aromatic rings. The second-order valence-electron chi connectivity index (χ2n) is 6.86. The molecule has 29 heavy (non-hydrogen) atoms. The lowest BCUT2D eigenvalue weighted by atomic mass is 10.0. The van der Waals surface area contributed by atoms with Crippen molar-refractivity contribution in [2.45, 2.75) is 44.1 Å². The maximum absolute atomic E-state index is 5.44. The van der Waals surface area contributed by atoms with Gasteiger partial charge in [-0.25, -0.2) is 0 Å². The molecule has 3 heterocycles. The summed E-state index contributed by atoms with van der Waals surface area (Å²) in [7, 11) is 0. The number of thioether (sulfide) groups is 1. The van der Waals surface area contributed by atoms with Crippen LogP contribution in [0.5, 0.6) is 0 Å². The fourth-order valence-corrected chi connectivity index (χ4v) is 3.81. The lowest BCUT2D eigenvalue weighted by Crippen LogP contribution is -2.00. The molecule has 4 rings (SSSR count). The van der Waals surface area contributed by atoms with Crippen molar-refractivity contribution in [1.82, 2.24) is 29.9 Å². The van der Waals surface area contributed by atoms with Crippen LogP contribution in [0.1, 0.15) is 38.1 Å². The molecule has 148 valence electrons. The van der Waals surface area contributed by atoms with Gasteiger partial charge in [-0.3, -0.25) is 4.98 Å². The highest BCUT2D eigenvalue weighted by Crippen LogP contribution is 2.27. The molecule has 0 spiro atoms. The lowest BCUT2D eigenvalue weighted by molar-refractivity contribution is 0.391. The predicted molar refractivity (Wildman–Crippen MR) is 112 cm³/mol. The lowest BCUT2D eigenvalue weighted by Gasteiger charge is -2.06. The topological polar surface area (TPSA) is 82.5 Å². The number of rotatable bonds is 7. The largest absolute Gasteiger partial charge is 0.338 e. The van der Waals surface area contributed by atoms with E-state index in [1.165, 1.54) is 17.3 Å². The van der Waals surface area contributed by atoms with E-state index in [4.69, 9.17) is 4.52 Å². The Kier molecular flexibility index (Phi) is 5.71. The zero-order valence-electron chi connectivity index (χ0n) is 16.6. The number of benzene rings is 1. The maximum Gasteiger partial charge on any atom is 0.237 e. The van der Waals surface area contributed by atoms with E-state index in [2.05, 4.69) is 62.8 Å². The Morgan fingerprint density at radius 3 is 2.45 bits per heavy atom. The molecule has 8 heteroatoms. The highest BCUT2D eigenvalue weighted by Gasteiger charge is 2.15. The van der Waals surface area contributed by atoms with Crippen LogP contribution >= 0.6 is 11.8 Å². The van der Waals surface area contributed by atoms with E-state index in [0.717, 1.165) is 28.7 Å². The molecule has 0 atom stereocenters. The van der Waals surface area contributed by atoms with Crippen molar-refractivity contribution >= 4 is 11.8 Å². The Morgan fingerprint density at radius 2 is 1.76 bits per heavy atom. The van der Waals surface area contributed by atoms with Crippen LogP contribution in [-0.2, 0) is 12.3 Å². The van der Waals surface area contributed by atoms with E-state index in [0.29, 0.717) is 23.4 Å². The van der Waals surface area contributed by atoms with Gasteiger partial charge in [-0.2, -0.15) is 4.98 Å². The van der Waals surface area contributed by atoms with E-state index in [1.807, 2.05) is 24.3 Å². The zero-order chi connectivity index (χ0) is 20.2. The van der Waals surface area contributed by atoms with Gasteiger partial charge in [0.2, 0.25) is 11.7 Å². The first-order valence-corrected chi connectivity index (χ1v) is 10.5. The first-order chi connectivity index (χ1) is 14.2. The summed E-state index contributed by atoms with van der Waals surface area (Å²) in [4.78, 5) is 8.59. The molecule has 0 saturated carbocycles. The van der Waals surface area contributed by atoms with E-state index in [1.54, 1.807) is 12.4 Å². The van der Waals surface area contributed by atoms with Gasteiger partial charge in [0.15, 0.2) is 11.0 Å². The van der Waals surface area contributed by atoms with Gasteiger partial charge in [0, 0.05) is 30.1 Å². The highest BCUT2D eigenvalue weighted by molar-refractivity contribution is 7.98. The number of hydrogen-bond acceptors (Lipinski definition) is 7. The van der Waals surface area contributed by atoms with Gasteiger partial charge in [0.1, 0.15) is 0 Å². The van der Waals surface area contributed by atoms with Crippen LogP contribution in [0.4, 0.5) is 0 Å². The Hall–Kier alpha value is -3.00. The Bertz CT molecular complexity index is 1070. The molecule has 0 amide bonds. The molecule has 0 aliphatic rings. The summed E-state index contributed by atoms with van der Waals surface area (Å²) in [5.41, 5.74) is 3.23. The molecular weight excluding hydrogens is 384 g/mol. The molecule has 0 bridgehead atoms. The van der Waals surface area contributed by atoms with Crippen LogP contribution in [0, 0.1) is 0 Å². The molecule has 0 fully saturated rings. The molecule has 3 aromatic heterocycles. The van der Waals surface area contributed by atoms with Crippen LogP contribution in [-0.4, -0.2) is 29.9 Å². The van der Waals surface area contributed by atoms with E-state index in [9.17, 15) is 0 Å². The van der Waals surface area contributed by atoms with Crippen molar-refractivity contribution in [3.05, 3.63) is 60.2 Å². The highest BCUT2D eigenvalue weighted by atomic mass is 32.2. The number of pyridine rings is 1. The smallest absolute Gasteiger partial charge is 0.237 e. The minimum Gasteiger partial charge on any atom is -0.338 e. The van der Waals surface area contributed by atoms with Crippen molar-refractivity contribution in [2.24, 2.45) is 0 Å². The molecule has 0 aliphatic carbocycles. The van der Waals surface area contributed by atoms with E-state index >= 15 is 0 Å². The number of hydrogen-bond donors (Lipinski definition) is 0. The molecule has 0 N–H and O–H groups in total. The summed E-state index contributed by atoms with van der Waals surface area (Å²) >= 11 is 1.53. The minimum absolute atomic E-state index is 0.495. The van der Waals surface area contributed by atoms with Gasteiger partial charge in [-0.1, -0.05) is 55.0 Å². The third-order valence-corrected chi connectivity index (χ3v) is 5.55. The van der Waals surface area contributed by atoms with E-state index < -0.39 is 0 Å². The molecule has 0 unspecified atom stereocenters. The Labute approximate surface area is 173 Å². The molecule has 7 nitrogen and oxygen atoms in total. The van der Waals surface area contributed by atoms with E-state index in [-0.39, 0.29) is 0 Å². The minimum atomic E-state index is 0.495. The molecular formula is C21H22N6OS. The van der Waals surface area contributed by atoms with Crippen molar-refractivity contribution in [2.75, 3.05) is 0 Å². The Morgan fingerprint density at radius 1 is 1.00 bits per heavy atom. The van der Waals surface area contributed by atoms with Gasteiger partial charge in [-0.05, 0) is 30.5 Å². The first-order valence-electron chi connectivity index (χ1n) is 9.55. The second kappa shape index (κ2) is 8.57. The van der Waals surface area contributed by atoms with Crippen LogP contribution in [0.2, 0.25) is 0 Å². The summed E-state index contributed by atoms with van der Waals surface area (Å²) in [6.07, 6.45) is 3.51. The number of aromatic nitrogens is 6. The van der Waals surface area contributed by atoms with Crippen molar-refractivity contribution in [3.8, 4) is 22.8 Å². The number of nitrogens with zero attached hydrogens (tertiary/aromatic N) is 6. The van der Waals surface area contributed by atoms with Gasteiger partial charge in [0.25, 0.3) is 0 Å². The normalized spacial score (nSPS) is 11.3. The monoisotopic (exact) mass is 406 g/mol. The summed E-state index contributed by atoms with van der Waals surface area (Å²) in [6.45, 7) is 7.19. The summed E-state index contributed by atoms with van der Waals surface area (Å²) < 4.78 is 7.51. The van der Waals surface area contributed by atoms with Crippen LogP contribution in [0.25, 0.3) is 22.8 Å². The van der Waals surface area contributed by atoms with Crippen LogP contribution < -0.4 is 0 Å².